The summed E-state index contributed by atoms with van der Waals surface area (Å²) in [6, 6.07) is 7.32. The molecule has 1 aromatic carbocycles. The molecule has 2 rings (SSSR count). The lowest BCUT2D eigenvalue weighted by atomic mass is 10.1. The smallest absolute Gasteiger partial charge is 0.191 e. The van der Waals surface area contributed by atoms with E-state index in [4.69, 9.17) is 11.6 Å². The fourth-order valence-corrected chi connectivity index (χ4v) is 2.19. The third-order valence-electron chi connectivity index (χ3n) is 3.29. The summed E-state index contributed by atoms with van der Waals surface area (Å²) in [4.78, 5) is 4.42. The highest BCUT2D eigenvalue weighted by atomic mass is 35.5. The second-order valence-corrected chi connectivity index (χ2v) is 5.49. The van der Waals surface area contributed by atoms with Gasteiger partial charge in [-0.3, -0.25) is 4.99 Å². The highest BCUT2D eigenvalue weighted by Crippen LogP contribution is 2.27. The van der Waals surface area contributed by atoms with Gasteiger partial charge in [0.15, 0.2) is 5.96 Å². The molecule has 5 heteroatoms. The van der Waals surface area contributed by atoms with E-state index in [-0.39, 0.29) is 0 Å². The Kier molecular flexibility index (Phi) is 5.68. The summed E-state index contributed by atoms with van der Waals surface area (Å²) >= 11 is 6.07. The molecule has 1 unspecified atom stereocenters. The Morgan fingerprint density at radius 3 is 2.80 bits per heavy atom. The Morgan fingerprint density at radius 2 is 2.15 bits per heavy atom. The van der Waals surface area contributed by atoms with Crippen LogP contribution >= 0.6 is 11.6 Å². The fourth-order valence-electron chi connectivity index (χ4n) is 1.93. The number of hydrogen-bond acceptors (Lipinski definition) is 2. The average Bonchev–Trinajstić information content (AvgIpc) is 3.26. The zero-order chi connectivity index (χ0) is 14.4. The molecule has 1 aromatic rings. The molecule has 3 N–H and O–H groups in total. The molecule has 0 saturated heterocycles. The summed E-state index contributed by atoms with van der Waals surface area (Å²) in [6.45, 7) is 4.08. The van der Waals surface area contributed by atoms with Crippen LogP contribution in [0, 0.1) is 5.92 Å². The molecular formula is C15H22ClN3O. The van der Waals surface area contributed by atoms with Gasteiger partial charge in [-0.15, -0.1) is 0 Å². The van der Waals surface area contributed by atoms with Crippen molar-refractivity contribution in [2.75, 3.05) is 19.6 Å². The van der Waals surface area contributed by atoms with Gasteiger partial charge >= 0.3 is 0 Å². The Labute approximate surface area is 125 Å². The van der Waals surface area contributed by atoms with Crippen molar-refractivity contribution in [1.82, 2.24) is 10.6 Å². The number of rotatable bonds is 6. The van der Waals surface area contributed by atoms with Crippen LogP contribution in [-0.4, -0.2) is 30.7 Å². The molecule has 0 aromatic heterocycles. The van der Waals surface area contributed by atoms with Crippen LogP contribution in [0.3, 0.4) is 0 Å². The molecule has 20 heavy (non-hydrogen) atoms. The largest absolute Gasteiger partial charge is 0.386 e. The molecule has 110 valence electrons. The Balaban J connectivity index is 1.91. The minimum absolute atomic E-state index is 0.295. The van der Waals surface area contributed by atoms with Gasteiger partial charge in [0.25, 0.3) is 0 Å². The van der Waals surface area contributed by atoms with E-state index in [0.717, 1.165) is 30.5 Å². The number of nitrogens with one attached hydrogen (secondary N) is 2. The monoisotopic (exact) mass is 295 g/mol. The van der Waals surface area contributed by atoms with Crippen molar-refractivity contribution in [2.45, 2.75) is 25.9 Å². The van der Waals surface area contributed by atoms with Crippen molar-refractivity contribution in [2.24, 2.45) is 10.9 Å². The number of benzene rings is 1. The number of aliphatic hydroxyl groups is 1. The molecule has 4 nitrogen and oxygen atoms in total. The zero-order valence-electron chi connectivity index (χ0n) is 11.8. The molecule has 0 spiro atoms. The van der Waals surface area contributed by atoms with Gasteiger partial charge in [-0.05, 0) is 31.7 Å². The van der Waals surface area contributed by atoms with E-state index < -0.39 is 6.10 Å². The first-order valence-corrected chi connectivity index (χ1v) is 7.53. The van der Waals surface area contributed by atoms with Crippen molar-refractivity contribution >= 4 is 17.6 Å². The number of aliphatic hydroxyl groups excluding tert-OH is 1. The van der Waals surface area contributed by atoms with E-state index in [0.29, 0.717) is 11.6 Å². The zero-order valence-corrected chi connectivity index (χ0v) is 12.5. The maximum atomic E-state index is 10.2. The third kappa shape index (κ3) is 4.69. The van der Waals surface area contributed by atoms with Crippen molar-refractivity contribution in [1.29, 1.82) is 0 Å². The lowest BCUT2D eigenvalue weighted by Crippen LogP contribution is -2.38. The van der Waals surface area contributed by atoms with Gasteiger partial charge in [-0.25, -0.2) is 0 Å². The normalized spacial score (nSPS) is 16.9. The van der Waals surface area contributed by atoms with Crippen molar-refractivity contribution < 1.29 is 5.11 Å². The van der Waals surface area contributed by atoms with Crippen LogP contribution in [0.1, 0.15) is 31.4 Å². The topological polar surface area (TPSA) is 56.7 Å². The molecule has 1 aliphatic rings. The number of hydrogen-bond donors (Lipinski definition) is 3. The molecule has 1 atom stereocenters. The average molecular weight is 296 g/mol. The Hall–Kier alpha value is -1.26. The molecule has 0 radical (unpaired) electrons. The minimum atomic E-state index is -0.680. The standard InChI is InChI=1S/C15H22ClN3O/c1-2-17-15(18-9-11-7-8-11)19-10-14(20)12-5-3-4-6-13(12)16/h3-6,11,14,20H,2,7-10H2,1H3,(H2,17,18,19). The van der Waals surface area contributed by atoms with Gasteiger partial charge in [0.2, 0.25) is 0 Å². The molecule has 0 heterocycles. The molecule has 1 aliphatic carbocycles. The van der Waals surface area contributed by atoms with E-state index in [9.17, 15) is 5.11 Å². The van der Waals surface area contributed by atoms with Crippen LogP contribution in [0.15, 0.2) is 29.3 Å². The second kappa shape index (κ2) is 7.50. The van der Waals surface area contributed by atoms with E-state index >= 15 is 0 Å². The van der Waals surface area contributed by atoms with Gasteiger partial charge in [-0.2, -0.15) is 0 Å². The Morgan fingerprint density at radius 1 is 1.40 bits per heavy atom. The first-order chi connectivity index (χ1) is 9.70. The third-order valence-corrected chi connectivity index (χ3v) is 3.63. The van der Waals surface area contributed by atoms with Crippen LogP contribution in [-0.2, 0) is 0 Å². The Bertz CT molecular complexity index is 460. The predicted molar refractivity (Wildman–Crippen MR) is 83.1 cm³/mol. The first kappa shape index (κ1) is 15.1. The van der Waals surface area contributed by atoms with Gasteiger partial charge in [0.1, 0.15) is 6.10 Å². The summed E-state index contributed by atoms with van der Waals surface area (Å²) < 4.78 is 0. The number of aliphatic imine (C=N–C) groups is 1. The predicted octanol–water partition coefficient (Wildman–Crippen LogP) is 2.34. The first-order valence-electron chi connectivity index (χ1n) is 7.15. The number of halogens is 1. The lowest BCUT2D eigenvalue weighted by Gasteiger charge is -2.13. The number of nitrogens with zero attached hydrogens (tertiary/aromatic N) is 1. The van der Waals surface area contributed by atoms with Gasteiger partial charge in [0.05, 0.1) is 6.54 Å². The van der Waals surface area contributed by atoms with E-state index in [1.54, 1.807) is 6.07 Å². The van der Waals surface area contributed by atoms with Crippen molar-refractivity contribution in [3.05, 3.63) is 34.9 Å². The van der Waals surface area contributed by atoms with E-state index in [1.165, 1.54) is 12.8 Å². The van der Waals surface area contributed by atoms with Crippen LogP contribution in [0.4, 0.5) is 0 Å². The lowest BCUT2D eigenvalue weighted by molar-refractivity contribution is 0.187. The maximum absolute atomic E-state index is 10.2. The molecule has 0 bridgehead atoms. The quantitative estimate of drug-likeness (QED) is 0.558. The molecule has 0 aliphatic heterocycles. The van der Waals surface area contributed by atoms with Gasteiger partial charge < -0.3 is 15.7 Å². The van der Waals surface area contributed by atoms with Crippen LogP contribution < -0.4 is 10.6 Å². The van der Waals surface area contributed by atoms with E-state index in [2.05, 4.69) is 15.6 Å². The molecule has 0 amide bonds. The van der Waals surface area contributed by atoms with Crippen LogP contribution in [0.5, 0.6) is 0 Å². The highest BCUT2D eigenvalue weighted by Gasteiger charge is 2.21. The van der Waals surface area contributed by atoms with Crippen molar-refractivity contribution in [3.8, 4) is 0 Å². The van der Waals surface area contributed by atoms with Crippen LogP contribution in [0.25, 0.3) is 0 Å². The maximum Gasteiger partial charge on any atom is 0.191 e. The molecular weight excluding hydrogens is 274 g/mol. The highest BCUT2D eigenvalue weighted by molar-refractivity contribution is 6.31. The fraction of sp³-hybridized carbons (Fsp3) is 0.533. The summed E-state index contributed by atoms with van der Waals surface area (Å²) in [5, 5.41) is 17.2. The summed E-state index contributed by atoms with van der Waals surface area (Å²) in [6.07, 6.45) is 1.92. The van der Waals surface area contributed by atoms with Gasteiger partial charge in [0, 0.05) is 23.7 Å². The molecule has 1 saturated carbocycles. The summed E-state index contributed by atoms with van der Waals surface area (Å²) in [5.74, 6) is 1.54. The summed E-state index contributed by atoms with van der Waals surface area (Å²) in [7, 11) is 0. The minimum Gasteiger partial charge on any atom is -0.386 e. The van der Waals surface area contributed by atoms with Crippen molar-refractivity contribution in [3.63, 3.8) is 0 Å². The SMILES string of the molecule is CCNC(=NCC(O)c1ccccc1Cl)NCC1CC1. The van der Waals surface area contributed by atoms with Gasteiger partial charge in [-0.1, -0.05) is 29.8 Å². The second-order valence-electron chi connectivity index (χ2n) is 5.08. The summed E-state index contributed by atoms with van der Waals surface area (Å²) in [5.41, 5.74) is 0.718. The van der Waals surface area contributed by atoms with E-state index in [1.807, 2.05) is 25.1 Å². The van der Waals surface area contributed by atoms with Crippen LogP contribution in [0.2, 0.25) is 5.02 Å². The molecule has 1 fully saturated rings. The number of guanidine groups is 1.